The van der Waals surface area contributed by atoms with Gasteiger partial charge in [-0.1, -0.05) is 0 Å². The van der Waals surface area contributed by atoms with Crippen LogP contribution in [0.3, 0.4) is 0 Å². The monoisotopic (exact) mass is 416 g/mol. The summed E-state index contributed by atoms with van der Waals surface area (Å²) in [6.07, 6.45) is 6.54. The number of anilines is 1. The lowest BCUT2D eigenvalue weighted by Crippen LogP contribution is -2.43. The molecule has 0 N–H and O–H groups in total. The number of amides is 1. The van der Waals surface area contributed by atoms with Crippen molar-refractivity contribution in [1.82, 2.24) is 14.9 Å². The number of aromatic nitrogens is 2. The minimum atomic E-state index is -0.288. The third kappa shape index (κ3) is 4.08. The maximum Gasteiger partial charge on any atom is 0.348 e. The molecule has 0 saturated carbocycles. The van der Waals surface area contributed by atoms with Crippen molar-refractivity contribution in [2.24, 2.45) is 5.92 Å². The van der Waals surface area contributed by atoms with Crippen LogP contribution in [0.25, 0.3) is 10.2 Å². The average molecular weight is 417 g/mol. The Morgan fingerprint density at radius 3 is 2.76 bits per heavy atom. The van der Waals surface area contributed by atoms with Gasteiger partial charge in [-0.25, -0.2) is 14.8 Å². The van der Waals surface area contributed by atoms with Gasteiger partial charge in [0.15, 0.2) is 0 Å². The van der Waals surface area contributed by atoms with Crippen molar-refractivity contribution in [1.29, 1.82) is 0 Å². The number of carbonyl (C=O) groups excluding carboxylic acids is 2. The number of piperidine rings is 2. The van der Waals surface area contributed by atoms with Gasteiger partial charge < -0.3 is 14.5 Å². The van der Waals surface area contributed by atoms with Crippen molar-refractivity contribution < 1.29 is 14.3 Å². The fourth-order valence-corrected chi connectivity index (χ4v) is 5.42. The molecule has 4 rings (SSSR count). The normalized spacial score (nSPS) is 18.5. The van der Waals surface area contributed by atoms with Gasteiger partial charge in [0.05, 0.1) is 12.0 Å². The predicted octanol–water partition coefficient (Wildman–Crippen LogP) is 3.41. The van der Waals surface area contributed by atoms with Gasteiger partial charge in [0.2, 0.25) is 5.91 Å². The van der Waals surface area contributed by atoms with Crippen LogP contribution in [0.1, 0.15) is 54.3 Å². The summed E-state index contributed by atoms with van der Waals surface area (Å²) < 4.78 is 5.20. The Labute approximate surface area is 175 Å². The highest BCUT2D eigenvalue weighted by Gasteiger charge is 2.28. The van der Waals surface area contributed by atoms with Gasteiger partial charge in [-0.2, -0.15) is 0 Å². The maximum absolute atomic E-state index is 12.3. The second-order valence-corrected chi connectivity index (χ2v) is 8.88. The van der Waals surface area contributed by atoms with Gasteiger partial charge in [0, 0.05) is 32.6 Å². The Kier molecular flexibility index (Phi) is 5.99. The molecule has 29 heavy (non-hydrogen) atoms. The molecule has 4 heterocycles. The third-order valence-corrected chi connectivity index (χ3v) is 7.16. The highest BCUT2D eigenvalue weighted by Crippen LogP contribution is 2.36. The van der Waals surface area contributed by atoms with Crippen molar-refractivity contribution in [3.8, 4) is 0 Å². The second-order valence-electron chi connectivity index (χ2n) is 7.88. The van der Waals surface area contributed by atoms with Gasteiger partial charge in [-0.15, -0.1) is 11.3 Å². The molecule has 8 heteroatoms. The summed E-state index contributed by atoms with van der Waals surface area (Å²) in [5, 5.41) is 0.963. The van der Waals surface area contributed by atoms with Gasteiger partial charge in [0.25, 0.3) is 0 Å². The molecule has 2 aromatic heterocycles. The summed E-state index contributed by atoms with van der Waals surface area (Å²) >= 11 is 1.38. The lowest BCUT2D eigenvalue weighted by molar-refractivity contribution is -0.134. The molecule has 0 spiro atoms. The van der Waals surface area contributed by atoms with E-state index in [2.05, 4.69) is 19.8 Å². The number of hydrogen-bond donors (Lipinski definition) is 0. The zero-order chi connectivity index (χ0) is 20.4. The summed E-state index contributed by atoms with van der Waals surface area (Å²) in [5.74, 6) is 1.48. The molecular weight excluding hydrogens is 388 g/mol. The first kappa shape index (κ1) is 20.1. The lowest BCUT2D eigenvalue weighted by atomic mass is 9.95. The molecule has 0 aromatic carbocycles. The highest BCUT2D eigenvalue weighted by molar-refractivity contribution is 7.20. The van der Waals surface area contributed by atoms with E-state index in [1.807, 2.05) is 13.8 Å². The largest absolute Gasteiger partial charge is 0.462 e. The van der Waals surface area contributed by atoms with E-state index >= 15 is 0 Å². The van der Waals surface area contributed by atoms with Crippen molar-refractivity contribution in [2.75, 3.05) is 37.7 Å². The van der Waals surface area contributed by atoms with E-state index in [1.54, 1.807) is 6.33 Å². The molecule has 2 aromatic rings. The average Bonchev–Trinajstić information content (AvgIpc) is 3.07. The van der Waals surface area contributed by atoms with E-state index in [4.69, 9.17) is 4.74 Å². The van der Waals surface area contributed by atoms with E-state index in [0.717, 1.165) is 73.5 Å². The van der Waals surface area contributed by atoms with Crippen LogP contribution >= 0.6 is 11.3 Å². The number of nitrogens with zero attached hydrogens (tertiary/aromatic N) is 4. The summed E-state index contributed by atoms with van der Waals surface area (Å²) in [7, 11) is 0. The minimum absolute atomic E-state index is 0.288. The highest BCUT2D eigenvalue weighted by atomic mass is 32.1. The van der Waals surface area contributed by atoms with Crippen LogP contribution in [0.5, 0.6) is 0 Å². The number of ether oxygens (including phenoxy) is 1. The Morgan fingerprint density at radius 2 is 2.03 bits per heavy atom. The summed E-state index contributed by atoms with van der Waals surface area (Å²) in [6, 6.07) is 0. The van der Waals surface area contributed by atoms with Crippen molar-refractivity contribution in [2.45, 2.75) is 46.0 Å². The first-order valence-electron chi connectivity index (χ1n) is 10.5. The number of carbonyl (C=O) groups is 2. The first-order valence-corrected chi connectivity index (χ1v) is 11.3. The van der Waals surface area contributed by atoms with Crippen LogP contribution < -0.4 is 4.90 Å². The molecule has 2 fully saturated rings. The number of fused-ring (bicyclic) bond motifs is 1. The quantitative estimate of drug-likeness (QED) is 0.696. The number of thiophene rings is 1. The van der Waals surface area contributed by atoms with E-state index in [9.17, 15) is 9.59 Å². The topological polar surface area (TPSA) is 75.6 Å². The van der Waals surface area contributed by atoms with Crippen LogP contribution in [0.15, 0.2) is 6.33 Å². The van der Waals surface area contributed by atoms with Gasteiger partial charge >= 0.3 is 5.97 Å². The molecular formula is C21H28N4O3S. The Balaban J connectivity index is 1.48. The standard InChI is InChI=1S/C21H28N4O3S/c1-3-28-21(27)18-14(2)17-19(22-13-23-20(17)29-18)24-10-7-15(8-11-24)12-25-9-5-4-6-16(25)26/h13,15H,3-12H2,1-2H3. The minimum Gasteiger partial charge on any atom is -0.462 e. The van der Waals surface area contributed by atoms with Crippen molar-refractivity contribution in [3.05, 3.63) is 16.8 Å². The van der Waals surface area contributed by atoms with Gasteiger partial charge in [-0.05, 0) is 51.0 Å². The van der Waals surface area contributed by atoms with Crippen molar-refractivity contribution in [3.63, 3.8) is 0 Å². The number of likely N-dealkylation sites (tertiary alicyclic amines) is 1. The summed E-state index contributed by atoms with van der Waals surface area (Å²) in [5.41, 5.74) is 0.903. The molecule has 0 bridgehead atoms. The van der Waals surface area contributed by atoms with E-state index < -0.39 is 0 Å². The van der Waals surface area contributed by atoms with E-state index in [0.29, 0.717) is 29.7 Å². The molecule has 2 aliphatic rings. The van der Waals surface area contributed by atoms with Crippen molar-refractivity contribution >= 4 is 39.2 Å². The lowest BCUT2D eigenvalue weighted by Gasteiger charge is -2.36. The predicted molar refractivity (Wildman–Crippen MR) is 113 cm³/mol. The molecule has 156 valence electrons. The van der Waals surface area contributed by atoms with Gasteiger partial charge in [-0.3, -0.25) is 4.79 Å². The zero-order valence-corrected chi connectivity index (χ0v) is 18.0. The van der Waals surface area contributed by atoms with Crippen LogP contribution in [-0.2, 0) is 9.53 Å². The number of esters is 1. The molecule has 0 unspecified atom stereocenters. The summed E-state index contributed by atoms with van der Waals surface area (Å²) in [4.78, 5) is 39.1. The Hall–Kier alpha value is -2.22. The molecule has 7 nitrogen and oxygen atoms in total. The SMILES string of the molecule is CCOC(=O)c1sc2ncnc(N3CCC(CN4CCCCC4=O)CC3)c2c1C. The Bertz CT molecular complexity index is 905. The molecule has 2 aliphatic heterocycles. The first-order chi connectivity index (χ1) is 14.1. The molecule has 0 atom stereocenters. The second kappa shape index (κ2) is 8.65. The smallest absolute Gasteiger partial charge is 0.348 e. The molecule has 2 saturated heterocycles. The molecule has 1 amide bonds. The van der Waals surface area contributed by atoms with Crippen LogP contribution in [0, 0.1) is 12.8 Å². The van der Waals surface area contributed by atoms with Crippen LogP contribution in [0.4, 0.5) is 5.82 Å². The number of hydrogen-bond acceptors (Lipinski definition) is 7. The summed E-state index contributed by atoms with van der Waals surface area (Å²) in [6.45, 7) is 7.73. The molecule has 0 aliphatic carbocycles. The van der Waals surface area contributed by atoms with Crippen LogP contribution in [-0.4, -0.2) is 59.5 Å². The fraction of sp³-hybridized carbons (Fsp3) is 0.619. The van der Waals surface area contributed by atoms with E-state index in [-0.39, 0.29) is 5.97 Å². The van der Waals surface area contributed by atoms with E-state index in [1.165, 1.54) is 11.3 Å². The van der Waals surface area contributed by atoms with Gasteiger partial charge in [0.1, 0.15) is 21.9 Å². The Morgan fingerprint density at radius 1 is 1.24 bits per heavy atom. The molecule has 0 radical (unpaired) electrons. The maximum atomic E-state index is 12.3. The zero-order valence-electron chi connectivity index (χ0n) is 17.1. The number of aryl methyl sites for hydroxylation is 1. The number of rotatable bonds is 5. The fourth-order valence-electron chi connectivity index (χ4n) is 4.38. The van der Waals surface area contributed by atoms with Crippen LogP contribution in [0.2, 0.25) is 0 Å². The third-order valence-electron chi connectivity index (χ3n) is 5.98.